The standard InChI is InChI=1S/C18H18N6S/c1-12(2)15(17-22-21-14-10-6-7-11-24(14)17)19-18-20-16(23-25-18)13-8-4-3-5-9-13/h3-12,15H,1-2H3,(H,19,20,23). The molecule has 0 saturated heterocycles. The maximum atomic E-state index is 4.63. The van der Waals surface area contributed by atoms with Gasteiger partial charge in [-0.25, -0.2) is 0 Å². The highest BCUT2D eigenvalue weighted by Crippen LogP contribution is 2.28. The fraction of sp³-hybridized carbons (Fsp3) is 0.222. The molecule has 6 nitrogen and oxygen atoms in total. The Morgan fingerprint density at radius 1 is 1.00 bits per heavy atom. The molecule has 0 bridgehead atoms. The van der Waals surface area contributed by atoms with E-state index in [0.29, 0.717) is 5.92 Å². The summed E-state index contributed by atoms with van der Waals surface area (Å²) in [6.07, 6.45) is 1.98. The third-order valence-electron chi connectivity index (χ3n) is 4.02. The average Bonchev–Trinajstić information content (AvgIpc) is 3.27. The number of nitrogens with one attached hydrogen (secondary N) is 1. The first-order chi connectivity index (χ1) is 12.2. The van der Waals surface area contributed by atoms with Gasteiger partial charge in [0.2, 0.25) is 5.13 Å². The minimum absolute atomic E-state index is 0.00558. The molecular weight excluding hydrogens is 332 g/mol. The minimum atomic E-state index is -0.00558. The normalized spacial score (nSPS) is 12.6. The molecule has 1 N–H and O–H groups in total. The summed E-state index contributed by atoms with van der Waals surface area (Å²) in [6, 6.07) is 15.9. The molecule has 0 saturated carbocycles. The van der Waals surface area contributed by atoms with Gasteiger partial charge < -0.3 is 5.32 Å². The van der Waals surface area contributed by atoms with E-state index in [1.165, 1.54) is 11.5 Å². The number of benzene rings is 1. The van der Waals surface area contributed by atoms with E-state index in [-0.39, 0.29) is 6.04 Å². The fourth-order valence-electron chi connectivity index (χ4n) is 2.72. The summed E-state index contributed by atoms with van der Waals surface area (Å²) in [7, 11) is 0. The second kappa shape index (κ2) is 6.60. The minimum Gasteiger partial charge on any atom is -0.350 e. The van der Waals surface area contributed by atoms with Gasteiger partial charge in [-0.2, -0.15) is 9.36 Å². The molecule has 1 aromatic carbocycles. The van der Waals surface area contributed by atoms with Crippen LogP contribution in [0.5, 0.6) is 0 Å². The Morgan fingerprint density at radius 2 is 1.80 bits per heavy atom. The van der Waals surface area contributed by atoms with Crippen molar-refractivity contribution in [1.29, 1.82) is 0 Å². The molecule has 0 aliphatic carbocycles. The smallest absolute Gasteiger partial charge is 0.203 e. The van der Waals surface area contributed by atoms with Crippen molar-refractivity contribution >= 4 is 22.3 Å². The quantitative estimate of drug-likeness (QED) is 0.588. The molecule has 1 atom stereocenters. The number of anilines is 1. The third-order valence-corrected chi connectivity index (χ3v) is 4.67. The Hall–Kier alpha value is -2.80. The van der Waals surface area contributed by atoms with E-state index in [9.17, 15) is 0 Å². The lowest BCUT2D eigenvalue weighted by atomic mass is 10.0. The molecule has 0 spiro atoms. The number of nitrogens with zero attached hydrogens (tertiary/aromatic N) is 5. The predicted molar refractivity (Wildman–Crippen MR) is 99.5 cm³/mol. The summed E-state index contributed by atoms with van der Waals surface area (Å²) in [5.41, 5.74) is 1.85. The average molecular weight is 350 g/mol. The van der Waals surface area contributed by atoms with Gasteiger partial charge in [-0.3, -0.25) is 4.40 Å². The summed E-state index contributed by atoms with van der Waals surface area (Å²) >= 11 is 1.36. The Labute approximate surface area is 149 Å². The largest absolute Gasteiger partial charge is 0.350 e. The Balaban J connectivity index is 1.64. The van der Waals surface area contributed by atoms with Gasteiger partial charge in [0.15, 0.2) is 17.3 Å². The van der Waals surface area contributed by atoms with Crippen LogP contribution in [0.3, 0.4) is 0 Å². The SMILES string of the molecule is CC(C)C(Nc1nc(-c2ccccc2)ns1)c1nnc2ccccn12. The van der Waals surface area contributed by atoms with E-state index in [1.807, 2.05) is 59.1 Å². The number of aromatic nitrogens is 5. The molecule has 1 unspecified atom stereocenters. The first kappa shape index (κ1) is 15.7. The van der Waals surface area contributed by atoms with Crippen LogP contribution >= 0.6 is 11.5 Å². The number of pyridine rings is 1. The second-order valence-electron chi connectivity index (χ2n) is 6.14. The lowest BCUT2D eigenvalue weighted by molar-refractivity contribution is 0.517. The lowest BCUT2D eigenvalue weighted by Gasteiger charge is -2.20. The van der Waals surface area contributed by atoms with Crippen LogP contribution in [0.25, 0.3) is 17.0 Å². The molecule has 0 radical (unpaired) electrons. The Kier molecular flexibility index (Phi) is 4.15. The molecular formula is C18H18N6S. The van der Waals surface area contributed by atoms with E-state index in [1.54, 1.807) is 0 Å². The monoisotopic (exact) mass is 350 g/mol. The highest BCUT2D eigenvalue weighted by molar-refractivity contribution is 7.09. The highest BCUT2D eigenvalue weighted by Gasteiger charge is 2.23. The van der Waals surface area contributed by atoms with Gasteiger partial charge in [-0.05, 0) is 18.1 Å². The predicted octanol–water partition coefficient (Wildman–Crippen LogP) is 4.06. The fourth-order valence-corrected chi connectivity index (χ4v) is 3.35. The number of hydrogen-bond donors (Lipinski definition) is 1. The summed E-state index contributed by atoms with van der Waals surface area (Å²) in [5.74, 6) is 1.93. The Morgan fingerprint density at radius 3 is 2.60 bits per heavy atom. The van der Waals surface area contributed by atoms with Gasteiger partial charge in [-0.1, -0.05) is 50.2 Å². The zero-order valence-corrected chi connectivity index (χ0v) is 14.8. The summed E-state index contributed by atoms with van der Waals surface area (Å²) in [6.45, 7) is 4.31. The van der Waals surface area contributed by atoms with Gasteiger partial charge in [0, 0.05) is 23.3 Å². The zero-order chi connectivity index (χ0) is 17.2. The molecule has 0 aliphatic heterocycles. The number of hydrogen-bond acceptors (Lipinski definition) is 6. The van der Waals surface area contributed by atoms with Crippen molar-refractivity contribution in [3.63, 3.8) is 0 Å². The van der Waals surface area contributed by atoms with Crippen molar-refractivity contribution in [1.82, 2.24) is 24.0 Å². The topological polar surface area (TPSA) is 68.0 Å². The van der Waals surface area contributed by atoms with Crippen LogP contribution in [0.1, 0.15) is 25.7 Å². The van der Waals surface area contributed by atoms with Crippen LogP contribution in [-0.4, -0.2) is 24.0 Å². The molecule has 0 aliphatic rings. The van der Waals surface area contributed by atoms with Gasteiger partial charge in [0.05, 0.1) is 6.04 Å². The maximum Gasteiger partial charge on any atom is 0.203 e. The first-order valence-electron chi connectivity index (χ1n) is 8.17. The van der Waals surface area contributed by atoms with Crippen molar-refractivity contribution in [2.45, 2.75) is 19.9 Å². The van der Waals surface area contributed by atoms with E-state index in [0.717, 1.165) is 28.0 Å². The van der Waals surface area contributed by atoms with Crippen molar-refractivity contribution in [2.75, 3.05) is 5.32 Å². The summed E-state index contributed by atoms with van der Waals surface area (Å²) in [5, 5.41) is 12.9. The van der Waals surface area contributed by atoms with Gasteiger partial charge in [0.1, 0.15) is 0 Å². The van der Waals surface area contributed by atoms with Crippen LogP contribution < -0.4 is 5.32 Å². The molecule has 126 valence electrons. The van der Waals surface area contributed by atoms with Gasteiger partial charge in [0.25, 0.3) is 0 Å². The van der Waals surface area contributed by atoms with Gasteiger partial charge >= 0.3 is 0 Å². The van der Waals surface area contributed by atoms with E-state index in [4.69, 9.17) is 0 Å². The molecule has 4 aromatic rings. The van der Waals surface area contributed by atoms with Crippen LogP contribution in [0.15, 0.2) is 54.7 Å². The van der Waals surface area contributed by atoms with Crippen molar-refractivity contribution in [3.8, 4) is 11.4 Å². The van der Waals surface area contributed by atoms with Crippen molar-refractivity contribution < 1.29 is 0 Å². The van der Waals surface area contributed by atoms with E-state index < -0.39 is 0 Å². The molecule has 4 rings (SSSR count). The lowest BCUT2D eigenvalue weighted by Crippen LogP contribution is -2.19. The summed E-state index contributed by atoms with van der Waals surface area (Å²) in [4.78, 5) is 4.63. The Bertz CT molecular complexity index is 975. The maximum absolute atomic E-state index is 4.63. The zero-order valence-electron chi connectivity index (χ0n) is 14.0. The third kappa shape index (κ3) is 3.10. The molecule has 25 heavy (non-hydrogen) atoms. The van der Waals surface area contributed by atoms with Crippen LogP contribution in [0, 0.1) is 5.92 Å². The molecule has 7 heteroatoms. The molecule has 3 heterocycles. The van der Waals surface area contributed by atoms with Crippen LogP contribution in [0.2, 0.25) is 0 Å². The molecule has 3 aromatic heterocycles. The highest BCUT2D eigenvalue weighted by atomic mass is 32.1. The van der Waals surface area contributed by atoms with Crippen molar-refractivity contribution in [2.24, 2.45) is 5.92 Å². The molecule has 0 fully saturated rings. The van der Waals surface area contributed by atoms with Gasteiger partial charge in [-0.15, -0.1) is 10.2 Å². The van der Waals surface area contributed by atoms with E-state index in [2.05, 4.69) is 38.7 Å². The van der Waals surface area contributed by atoms with Crippen molar-refractivity contribution in [3.05, 3.63) is 60.6 Å². The first-order valence-corrected chi connectivity index (χ1v) is 8.95. The molecule has 0 amide bonds. The van der Waals surface area contributed by atoms with Crippen LogP contribution in [-0.2, 0) is 0 Å². The summed E-state index contributed by atoms with van der Waals surface area (Å²) < 4.78 is 6.48. The second-order valence-corrected chi connectivity index (χ2v) is 6.89. The number of fused-ring (bicyclic) bond motifs is 1. The van der Waals surface area contributed by atoms with E-state index >= 15 is 0 Å². The van der Waals surface area contributed by atoms with Crippen LogP contribution in [0.4, 0.5) is 5.13 Å². The number of rotatable bonds is 5.